The second-order valence-electron chi connectivity index (χ2n) is 11.4. The average Bonchev–Trinajstić information content (AvgIpc) is 2.99. The number of urea groups is 1. The van der Waals surface area contributed by atoms with Gasteiger partial charge in [-0.1, -0.05) is 101 Å². The van der Waals surface area contributed by atoms with Gasteiger partial charge < -0.3 is 10.2 Å². The predicted molar refractivity (Wildman–Crippen MR) is 146 cm³/mol. The van der Waals surface area contributed by atoms with E-state index in [-0.39, 0.29) is 17.5 Å². The van der Waals surface area contributed by atoms with Gasteiger partial charge in [0.15, 0.2) is 0 Å². The number of fused-ring (bicyclic) bond motifs is 3. The summed E-state index contributed by atoms with van der Waals surface area (Å²) in [7, 11) is 0. The highest BCUT2D eigenvalue weighted by atomic mass is 16.2. The SMILES string of the molecule is CC(C)(C)c1ccc(NC(=O)N(Cc2ccc3c(c2)Cc2ccccc2-3)C2CCCCCC2)cc1. The Balaban J connectivity index is 1.36. The molecule has 3 aromatic carbocycles. The van der Waals surface area contributed by atoms with Crippen LogP contribution in [0.25, 0.3) is 11.1 Å². The molecule has 0 unspecified atom stereocenters. The van der Waals surface area contributed by atoms with Crippen molar-refractivity contribution in [3.8, 4) is 11.1 Å². The smallest absolute Gasteiger partial charge is 0.317 e. The van der Waals surface area contributed by atoms with Gasteiger partial charge in [0.1, 0.15) is 0 Å². The largest absolute Gasteiger partial charge is 0.322 e. The van der Waals surface area contributed by atoms with E-state index in [0.717, 1.165) is 24.9 Å². The van der Waals surface area contributed by atoms with E-state index in [9.17, 15) is 4.79 Å². The third-order valence-corrected chi connectivity index (χ3v) is 7.74. The van der Waals surface area contributed by atoms with Gasteiger partial charge in [0.25, 0.3) is 0 Å². The summed E-state index contributed by atoms with van der Waals surface area (Å²) in [4.78, 5) is 15.7. The van der Waals surface area contributed by atoms with E-state index in [1.54, 1.807) is 0 Å². The Morgan fingerprint density at radius 1 is 0.857 bits per heavy atom. The molecule has 3 aromatic rings. The van der Waals surface area contributed by atoms with Gasteiger partial charge in [0, 0.05) is 18.3 Å². The fourth-order valence-corrected chi connectivity index (χ4v) is 5.68. The zero-order valence-corrected chi connectivity index (χ0v) is 21.4. The van der Waals surface area contributed by atoms with E-state index in [4.69, 9.17) is 0 Å². The van der Waals surface area contributed by atoms with E-state index in [1.165, 1.54) is 59.1 Å². The highest BCUT2D eigenvalue weighted by Gasteiger charge is 2.26. The molecule has 0 bridgehead atoms. The molecule has 0 heterocycles. The predicted octanol–water partition coefficient (Wildman–Crippen LogP) is 8.31. The summed E-state index contributed by atoms with van der Waals surface area (Å²) in [6.07, 6.45) is 8.12. The number of nitrogens with zero attached hydrogens (tertiary/aromatic N) is 1. The molecule has 5 rings (SSSR count). The van der Waals surface area contributed by atoms with Crippen LogP contribution in [0.2, 0.25) is 0 Å². The number of anilines is 1. The molecule has 2 aliphatic rings. The van der Waals surface area contributed by atoms with Crippen LogP contribution in [-0.4, -0.2) is 17.0 Å². The van der Waals surface area contributed by atoms with Crippen LogP contribution in [0.1, 0.15) is 81.5 Å². The lowest BCUT2D eigenvalue weighted by atomic mass is 9.87. The highest BCUT2D eigenvalue weighted by Crippen LogP contribution is 2.37. The first-order valence-corrected chi connectivity index (χ1v) is 13.3. The molecule has 1 saturated carbocycles. The molecule has 2 aliphatic carbocycles. The molecule has 2 amide bonds. The maximum Gasteiger partial charge on any atom is 0.322 e. The molecular weight excluding hydrogens is 428 g/mol. The number of rotatable bonds is 4. The summed E-state index contributed by atoms with van der Waals surface area (Å²) >= 11 is 0. The van der Waals surface area contributed by atoms with Crippen LogP contribution >= 0.6 is 0 Å². The van der Waals surface area contributed by atoms with Gasteiger partial charge >= 0.3 is 6.03 Å². The van der Waals surface area contributed by atoms with E-state index < -0.39 is 0 Å². The van der Waals surface area contributed by atoms with Crippen molar-refractivity contribution in [1.29, 1.82) is 0 Å². The van der Waals surface area contributed by atoms with Crippen LogP contribution in [0, 0.1) is 0 Å². The minimum Gasteiger partial charge on any atom is -0.317 e. The lowest BCUT2D eigenvalue weighted by molar-refractivity contribution is 0.175. The Hall–Kier alpha value is -3.07. The number of nitrogens with one attached hydrogen (secondary N) is 1. The van der Waals surface area contributed by atoms with E-state index in [0.29, 0.717) is 6.54 Å². The number of amides is 2. The fourth-order valence-electron chi connectivity index (χ4n) is 5.68. The molecule has 1 fully saturated rings. The van der Waals surface area contributed by atoms with Crippen LogP contribution in [0.3, 0.4) is 0 Å². The summed E-state index contributed by atoms with van der Waals surface area (Å²) in [6.45, 7) is 7.29. The molecule has 0 aliphatic heterocycles. The minimum absolute atomic E-state index is 0.0178. The van der Waals surface area contributed by atoms with Gasteiger partial charge in [-0.05, 0) is 70.2 Å². The van der Waals surface area contributed by atoms with Crippen LogP contribution < -0.4 is 5.32 Å². The molecule has 35 heavy (non-hydrogen) atoms. The van der Waals surface area contributed by atoms with Crippen molar-refractivity contribution in [2.45, 2.75) is 83.7 Å². The minimum atomic E-state index is 0.0178. The molecular formula is C32H38N2O. The van der Waals surface area contributed by atoms with Crippen LogP contribution in [0.4, 0.5) is 10.5 Å². The molecule has 1 N–H and O–H groups in total. The fraction of sp³-hybridized carbons (Fsp3) is 0.406. The lowest BCUT2D eigenvalue weighted by Gasteiger charge is -2.32. The highest BCUT2D eigenvalue weighted by molar-refractivity contribution is 5.89. The molecule has 0 radical (unpaired) electrons. The summed E-state index contributed by atoms with van der Waals surface area (Å²) in [5, 5.41) is 3.21. The van der Waals surface area contributed by atoms with Crippen LogP contribution in [0.5, 0.6) is 0 Å². The number of hydrogen-bond acceptors (Lipinski definition) is 1. The Morgan fingerprint density at radius 2 is 1.54 bits per heavy atom. The summed E-state index contributed by atoms with van der Waals surface area (Å²) in [5.41, 5.74) is 8.93. The monoisotopic (exact) mass is 466 g/mol. The number of carbonyl (C=O) groups is 1. The van der Waals surface area contributed by atoms with E-state index >= 15 is 0 Å². The average molecular weight is 467 g/mol. The van der Waals surface area contributed by atoms with Crippen molar-refractivity contribution < 1.29 is 4.79 Å². The molecule has 3 heteroatoms. The second kappa shape index (κ2) is 9.89. The molecule has 182 valence electrons. The van der Waals surface area contributed by atoms with Crippen LogP contribution in [-0.2, 0) is 18.4 Å². The maximum absolute atomic E-state index is 13.6. The van der Waals surface area contributed by atoms with Gasteiger partial charge in [-0.3, -0.25) is 0 Å². The quantitative estimate of drug-likeness (QED) is 0.301. The summed E-state index contributed by atoms with van der Waals surface area (Å²) < 4.78 is 0. The van der Waals surface area contributed by atoms with Crippen molar-refractivity contribution in [2.24, 2.45) is 0 Å². The van der Waals surface area contributed by atoms with Gasteiger partial charge in [0.05, 0.1) is 0 Å². The Labute approximate surface area is 210 Å². The first-order chi connectivity index (χ1) is 16.9. The standard InChI is InChI=1S/C32H38N2O/c1-32(2,3)26-15-17-27(18-16-26)33-31(35)34(28-11-6-4-5-7-12-28)22-23-14-19-30-25(20-23)21-24-10-8-9-13-29(24)30/h8-10,13-20,28H,4-7,11-12,21-22H2,1-3H3,(H,33,35). The lowest BCUT2D eigenvalue weighted by Crippen LogP contribution is -2.42. The molecule has 0 spiro atoms. The first-order valence-electron chi connectivity index (χ1n) is 13.3. The Kier molecular flexibility index (Phi) is 6.69. The molecule has 0 atom stereocenters. The number of hydrogen-bond donors (Lipinski definition) is 1. The maximum atomic E-state index is 13.6. The second-order valence-corrected chi connectivity index (χ2v) is 11.4. The van der Waals surface area contributed by atoms with Gasteiger partial charge in [-0.2, -0.15) is 0 Å². The van der Waals surface area contributed by atoms with E-state index in [1.807, 2.05) is 12.1 Å². The third-order valence-electron chi connectivity index (χ3n) is 7.74. The van der Waals surface area contributed by atoms with Crippen molar-refractivity contribution >= 4 is 11.7 Å². The molecule has 3 nitrogen and oxygen atoms in total. The normalized spacial score (nSPS) is 15.7. The molecule has 0 aromatic heterocycles. The van der Waals surface area contributed by atoms with Gasteiger partial charge in [-0.15, -0.1) is 0 Å². The molecule has 0 saturated heterocycles. The van der Waals surface area contributed by atoms with E-state index in [2.05, 4.69) is 85.6 Å². The third kappa shape index (κ3) is 5.29. The summed E-state index contributed by atoms with van der Waals surface area (Å²) in [6, 6.07) is 24.1. The van der Waals surface area contributed by atoms with Gasteiger partial charge in [0.2, 0.25) is 0 Å². The zero-order valence-electron chi connectivity index (χ0n) is 21.4. The Bertz CT molecular complexity index is 1180. The number of carbonyl (C=O) groups excluding carboxylic acids is 1. The topological polar surface area (TPSA) is 32.3 Å². The van der Waals surface area contributed by atoms with Gasteiger partial charge in [-0.25, -0.2) is 4.79 Å². The van der Waals surface area contributed by atoms with Crippen molar-refractivity contribution in [3.05, 3.63) is 89.0 Å². The van der Waals surface area contributed by atoms with Crippen molar-refractivity contribution in [1.82, 2.24) is 4.90 Å². The first kappa shape index (κ1) is 23.7. The van der Waals surface area contributed by atoms with Crippen molar-refractivity contribution in [2.75, 3.05) is 5.32 Å². The number of benzene rings is 3. The summed E-state index contributed by atoms with van der Waals surface area (Å²) in [5.74, 6) is 0. The Morgan fingerprint density at radius 3 is 2.26 bits per heavy atom. The van der Waals surface area contributed by atoms with Crippen LogP contribution in [0.15, 0.2) is 66.7 Å². The zero-order chi connectivity index (χ0) is 24.4. The van der Waals surface area contributed by atoms with Crippen molar-refractivity contribution in [3.63, 3.8) is 0 Å².